The van der Waals surface area contributed by atoms with E-state index in [1.807, 2.05) is 48.7 Å². The van der Waals surface area contributed by atoms with Gasteiger partial charge in [-0.05, 0) is 37.1 Å². The van der Waals surface area contributed by atoms with E-state index in [2.05, 4.69) is 15.5 Å². The first-order valence-corrected chi connectivity index (χ1v) is 10.1. The molecule has 0 radical (unpaired) electrons. The first-order chi connectivity index (χ1) is 13.9. The third-order valence-corrected chi connectivity index (χ3v) is 5.33. The van der Waals surface area contributed by atoms with Crippen LogP contribution >= 0.6 is 11.8 Å². The van der Waals surface area contributed by atoms with Crippen LogP contribution in [0.2, 0.25) is 0 Å². The second kappa shape index (κ2) is 9.42. The molecule has 1 aromatic carbocycles. The van der Waals surface area contributed by atoms with Gasteiger partial charge in [0.1, 0.15) is 12.1 Å². The molecule has 0 bridgehead atoms. The summed E-state index contributed by atoms with van der Waals surface area (Å²) in [6.07, 6.45) is 3.20. The Hall–Kier alpha value is -3.07. The van der Waals surface area contributed by atoms with Crippen LogP contribution < -0.4 is 5.32 Å². The van der Waals surface area contributed by atoms with E-state index in [-0.39, 0.29) is 24.1 Å². The molecule has 0 atom stereocenters. The van der Waals surface area contributed by atoms with Gasteiger partial charge < -0.3 is 19.2 Å². The standard InChI is InChI=1S/C20H23N5O3S/c1-14-6-4-7-15(2)19(14)22-17(26)11-24(3)18(27)12-29-20-23-21-13-25(20)10-16-8-5-9-28-16/h4-9,13H,10-12H2,1-3H3,(H,22,26). The highest BCUT2D eigenvalue weighted by atomic mass is 32.2. The van der Waals surface area contributed by atoms with Gasteiger partial charge in [0.05, 0.1) is 25.1 Å². The number of thioether (sulfide) groups is 1. The number of hydrogen-bond donors (Lipinski definition) is 1. The van der Waals surface area contributed by atoms with Crippen LogP contribution in [0.25, 0.3) is 0 Å². The third-order valence-electron chi connectivity index (χ3n) is 4.36. The van der Waals surface area contributed by atoms with Gasteiger partial charge in [0.2, 0.25) is 11.8 Å². The van der Waals surface area contributed by atoms with Gasteiger partial charge >= 0.3 is 0 Å². The Morgan fingerprint density at radius 2 is 1.97 bits per heavy atom. The van der Waals surface area contributed by atoms with Crippen LogP contribution in [-0.2, 0) is 16.1 Å². The van der Waals surface area contributed by atoms with E-state index in [9.17, 15) is 9.59 Å². The van der Waals surface area contributed by atoms with Gasteiger partial charge in [-0.1, -0.05) is 30.0 Å². The molecular weight excluding hydrogens is 390 g/mol. The molecule has 0 spiro atoms. The fourth-order valence-corrected chi connectivity index (χ4v) is 3.62. The summed E-state index contributed by atoms with van der Waals surface area (Å²) in [6.45, 7) is 4.34. The van der Waals surface area contributed by atoms with Gasteiger partial charge in [-0.3, -0.25) is 9.59 Å². The number of likely N-dealkylation sites (N-methyl/N-ethyl adjacent to an activating group) is 1. The summed E-state index contributed by atoms with van der Waals surface area (Å²) < 4.78 is 7.14. The van der Waals surface area contributed by atoms with Crippen LogP contribution in [0.15, 0.2) is 52.5 Å². The number of carbonyl (C=O) groups excluding carboxylic acids is 2. The van der Waals surface area contributed by atoms with Gasteiger partial charge in [0.15, 0.2) is 5.16 Å². The maximum Gasteiger partial charge on any atom is 0.243 e. The highest BCUT2D eigenvalue weighted by Crippen LogP contribution is 2.20. The quantitative estimate of drug-likeness (QED) is 0.571. The van der Waals surface area contributed by atoms with E-state index in [0.717, 1.165) is 22.6 Å². The Labute approximate surface area is 173 Å². The van der Waals surface area contributed by atoms with E-state index >= 15 is 0 Å². The van der Waals surface area contributed by atoms with Crippen molar-refractivity contribution >= 4 is 29.3 Å². The minimum Gasteiger partial charge on any atom is -0.467 e. The Morgan fingerprint density at radius 1 is 1.21 bits per heavy atom. The maximum atomic E-state index is 12.4. The van der Waals surface area contributed by atoms with E-state index in [4.69, 9.17) is 4.42 Å². The number of furan rings is 1. The average molecular weight is 414 g/mol. The molecule has 0 saturated heterocycles. The summed E-state index contributed by atoms with van der Waals surface area (Å²) in [7, 11) is 1.61. The summed E-state index contributed by atoms with van der Waals surface area (Å²) in [5.41, 5.74) is 2.76. The smallest absolute Gasteiger partial charge is 0.243 e. The lowest BCUT2D eigenvalue weighted by Crippen LogP contribution is -2.36. The monoisotopic (exact) mass is 413 g/mol. The molecule has 2 heterocycles. The van der Waals surface area contributed by atoms with Crippen molar-refractivity contribution in [1.82, 2.24) is 19.7 Å². The minimum atomic E-state index is -0.232. The number of hydrogen-bond acceptors (Lipinski definition) is 6. The van der Waals surface area contributed by atoms with Gasteiger partial charge in [0.25, 0.3) is 0 Å². The number of aromatic nitrogens is 3. The third kappa shape index (κ3) is 5.47. The van der Waals surface area contributed by atoms with Crippen molar-refractivity contribution in [2.45, 2.75) is 25.5 Å². The summed E-state index contributed by atoms with van der Waals surface area (Å²) in [5.74, 6) is 0.533. The zero-order valence-electron chi connectivity index (χ0n) is 16.6. The van der Waals surface area contributed by atoms with E-state index < -0.39 is 0 Å². The van der Waals surface area contributed by atoms with Gasteiger partial charge in [0, 0.05) is 12.7 Å². The lowest BCUT2D eigenvalue weighted by molar-refractivity contribution is -0.131. The lowest BCUT2D eigenvalue weighted by atomic mass is 10.1. The fourth-order valence-electron chi connectivity index (χ4n) is 2.77. The number of rotatable bonds is 8. The second-order valence-electron chi connectivity index (χ2n) is 6.67. The van der Waals surface area contributed by atoms with Crippen LogP contribution in [0.5, 0.6) is 0 Å². The predicted molar refractivity (Wildman–Crippen MR) is 111 cm³/mol. The molecule has 9 heteroatoms. The Morgan fingerprint density at radius 3 is 2.66 bits per heavy atom. The van der Waals surface area contributed by atoms with E-state index in [1.165, 1.54) is 16.7 Å². The van der Waals surface area contributed by atoms with Crippen molar-refractivity contribution in [2.24, 2.45) is 0 Å². The number of anilines is 1. The molecule has 0 saturated carbocycles. The number of amides is 2. The van der Waals surface area contributed by atoms with Crippen LogP contribution in [0.3, 0.4) is 0 Å². The van der Waals surface area contributed by atoms with E-state index in [0.29, 0.717) is 11.7 Å². The van der Waals surface area contributed by atoms with Gasteiger partial charge in [-0.2, -0.15) is 0 Å². The number of nitrogens with one attached hydrogen (secondary N) is 1. The predicted octanol–water partition coefficient (Wildman–Crippen LogP) is 2.73. The molecule has 152 valence electrons. The van der Waals surface area contributed by atoms with Crippen molar-refractivity contribution in [3.63, 3.8) is 0 Å². The first-order valence-electron chi connectivity index (χ1n) is 9.07. The maximum absolute atomic E-state index is 12.4. The van der Waals surface area contributed by atoms with E-state index in [1.54, 1.807) is 19.6 Å². The normalized spacial score (nSPS) is 10.7. The number of benzene rings is 1. The van der Waals surface area contributed by atoms with Crippen molar-refractivity contribution in [2.75, 3.05) is 24.7 Å². The topological polar surface area (TPSA) is 93.3 Å². The number of carbonyl (C=O) groups is 2. The van der Waals surface area contributed by atoms with Crippen LogP contribution in [0.4, 0.5) is 5.69 Å². The van der Waals surface area contributed by atoms with Crippen LogP contribution in [-0.4, -0.2) is 50.8 Å². The molecule has 1 N–H and O–H groups in total. The number of para-hydroxylation sites is 1. The molecule has 2 aromatic heterocycles. The van der Waals surface area contributed by atoms with Crippen molar-refractivity contribution in [1.29, 1.82) is 0 Å². The summed E-state index contributed by atoms with van der Waals surface area (Å²) >= 11 is 1.27. The Bertz CT molecular complexity index is 964. The largest absolute Gasteiger partial charge is 0.467 e. The molecule has 3 aromatic rings. The van der Waals surface area contributed by atoms with Crippen LogP contribution in [0.1, 0.15) is 16.9 Å². The molecule has 2 amide bonds. The summed E-state index contributed by atoms with van der Waals surface area (Å²) in [5, 5.41) is 11.5. The second-order valence-corrected chi connectivity index (χ2v) is 7.62. The molecule has 29 heavy (non-hydrogen) atoms. The lowest BCUT2D eigenvalue weighted by Gasteiger charge is -2.18. The van der Waals surface area contributed by atoms with Crippen molar-refractivity contribution in [3.8, 4) is 0 Å². The minimum absolute atomic E-state index is 0.0216. The molecule has 0 aliphatic heterocycles. The molecule has 0 unspecified atom stereocenters. The zero-order valence-corrected chi connectivity index (χ0v) is 17.4. The molecule has 0 fully saturated rings. The van der Waals surface area contributed by atoms with Gasteiger partial charge in [-0.15, -0.1) is 10.2 Å². The molecule has 0 aliphatic rings. The van der Waals surface area contributed by atoms with Crippen LogP contribution in [0, 0.1) is 13.8 Å². The van der Waals surface area contributed by atoms with Crippen molar-refractivity contribution in [3.05, 3.63) is 59.8 Å². The molecule has 0 aliphatic carbocycles. The van der Waals surface area contributed by atoms with Gasteiger partial charge in [-0.25, -0.2) is 0 Å². The molecule has 3 rings (SSSR count). The molecular formula is C20H23N5O3S. The summed E-state index contributed by atoms with van der Waals surface area (Å²) in [4.78, 5) is 26.2. The SMILES string of the molecule is Cc1cccc(C)c1NC(=O)CN(C)C(=O)CSc1nncn1Cc1ccco1. The highest BCUT2D eigenvalue weighted by Gasteiger charge is 2.16. The summed E-state index contributed by atoms with van der Waals surface area (Å²) in [6, 6.07) is 9.49. The Kier molecular flexibility index (Phi) is 6.71. The average Bonchev–Trinajstić information content (AvgIpc) is 3.35. The highest BCUT2D eigenvalue weighted by molar-refractivity contribution is 7.99. The van der Waals surface area contributed by atoms with Crippen molar-refractivity contribution < 1.29 is 14.0 Å². The number of nitrogens with zero attached hydrogens (tertiary/aromatic N) is 4. The fraction of sp³-hybridized carbons (Fsp3) is 0.300. The molecule has 8 nitrogen and oxygen atoms in total. The zero-order chi connectivity index (χ0) is 20.8. The first kappa shape index (κ1) is 20.7. The Balaban J connectivity index is 1.51. The number of aryl methyl sites for hydroxylation is 2.